The van der Waals surface area contributed by atoms with Crippen molar-refractivity contribution in [2.75, 3.05) is 0 Å². The molecule has 2 nitrogen and oxygen atoms in total. The van der Waals surface area contributed by atoms with Gasteiger partial charge in [0.05, 0.1) is 0 Å². The number of fused-ring (bicyclic) bond motifs is 1. The molecule has 2 heteroatoms. The number of hydrogen-bond acceptors (Lipinski definition) is 2. The van der Waals surface area contributed by atoms with Crippen LogP contribution < -0.4 is 0 Å². The van der Waals surface area contributed by atoms with Gasteiger partial charge in [-0.3, -0.25) is 0 Å². The van der Waals surface area contributed by atoms with Crippen LogP contribution in [0.4, 0.5) is 0 Å². The van der Waals surface area contributed by atoms with E-state index in [2.05, 4.69) is 16.9 Å². The molecular weight excluding hydrogens is 148 g/mol. The van der Waals surface area contributed by atoms with E-state index in [0.29, 0.717) is 0 Å². The van der Waals surface area contributed by atoms with Crippen LogP contribution in [0.5, 0.6) is 0 Å². The van der Waals surface area contributed by atoms with Gasteiger partial charge in [-0.25, -0.2) is 9.97 Å². The van der Waals surface area contributed by atoms with Crippen molar-refractivity contribution < 1.29 is 0 Å². The van der Waals surface area contributed by atoms with Crippen LogP contribution >= 0.6 is 0 Å². The van der Waals surface area contributed by atoms with Crippen molar-refractivity contribution in [3.05, 3.63) is 23.8 Å². The zero-order valence-electron chi connectivity index (χ0n) is 7.45. The van der Waals surface area contributed by atoms with E-state index in [9.17, 15) is 0 Å². The van der Waals surface area contributed by atoms with Gasteiger partial charge in [-0.15, -0.1) is 0 Å². The summed E-state index contributed by atoms with van der Waals surface area (Å²) in [4.78, 5) is 8.33. The van der Waals surface area contributed by atoms with Crippen LogP contribution in [0.3, 0.4) is 0 Å². The molecule has 1 aliphatic carbocycles. The minimum absolute atomic E-state index is 0.864. The van der Waals surface area contributed by atoms with Gasteiger partial charge in [0.15, 0.2) is 0 Å². The topological polar surface area (TPSA) is 25.8 Å². The molecular formula is C10H14N2. The Morgan fingerprint density at radius 2 is 2.50 bits per heavy atom. The van der Waals surface area contributed by atoms with Gasteiger partial charge in [0.2, 0.25) is 0 Å². The summed E-state index contributed by atoms with van der Waals surface area (Å²) in [7, 11) is 0. The fraction of sp³-hybridized carbons (Fsp3) is 0.600. The molecule has 1 aromatic heterocycles. The van der Waals surface area contributed by atoms with E-state index >= 15 is 0 Å². The standard InChI is InChI=1S/C10H14N2/c1-2-8-3-4-10-9(5-8)6-11-7-12-10/h6-8H,2-5H2,1H3. The van der Waals surface area contributed by atoms with Crippen molar-refractivity contribution in [3.8, 4) is 0 Å². The Bertz CT molecular complexity index is 270. The summed E-state index contributed by atoms with van der Waals surface area (Å²) in [6, 6.07) is 0. The van der Waals surface area contributed by atoms with Crippen LogP contribution in [0.1, 0.15) is 31.0 Å². The lowest BCUT2D eigenvalue weighted by Crippen LogP contribution is -2.14. The molecule has 0 bridgehead atoms. The van der Waals surface area contributed by atoms with E-state index < -0.39 is 0 Å². The average molecular weight is 162 g/mol. The lowest BCUT2D eigenvalue weighted by atomic mass is 9.86. The zero-order valence-corrected chi connectivity index (χ0v) is 7.45. The van der Waals surface area contributed by atoms with Crippen molar-refractivity contribution in [3.63, 3.8) is 0 Å². The highest BCUT2D eigenvalue weighted by atomic mass is 14.8. The highest BCUT2D eigenvalue weighted by Gasteiger charge is 2.17. The monoisotopic (exact) mass is 162 g/mol. The molecule has 0 amide bonds. The summed E-state index contributed by atoms with van der Waals surface area (Å²) >= 11 is 0. The number of nitrogens with zero attached hydrogens (tertiary/aromatic N) is 2. The molecule has 0 aliphatic heterocycles. The molecule has 0 fully saturated rings. The van der Waals surface area contributed by atoms with Gasteiger partial charge in [-0.05, 0) is 30.7 Å². The molecule has 64 valence electrons. The van der Waals surface area contributed by atoms with E-state index in [1.54, 1.807) is 6.33 Å². The summed E-state index contributed by atoms with van der Waals surface area (Å²) in [5.41, 5.74) is 2.64. The Morgan fingerprint density at radius 1 is 1.58 bits per heavy atom. The van der Waals surface area contributed by atoms with Crippen molar-refractivity contribution in [2.24, 2.45) is 5.92 Å². The predicted octanol–water partition coefficient (Wildman–Crippen LogP) is 1.99. The first-order valence-electron chi connectivity index (χ1n) is 4.68. The third-order valence-electron chi connectivity index (χ3n) is 2.76. The maximum absolute atomic E-state index is 4.28. The number of hydrogen-bond donors (Lipinski definition) is 0. The summed E-state index contributed by atoms with van der Waals surface area (Å²) in [6.45, 7) is 2.26. The Balaban J connectivity index is 2.23. The van der Waals surface area contributed by atoms with Crippen molar-refractivity contribution in [2.45, 2.75) is 32.6 Å². The summed E-state index contributed by atoms with van der Waals surface area (Å²) in [5, 5.41) is 0. The summed E-state index contributed by atoms with van der Waals surface area (Å²) in [5.74, 6) is 0.864. The lowest BCUT2D eigenvalue weighted by molar-refractivity contribution is 0.438. The Kier molecular flexibility index (Phi) is 2.07. The van der Waals surface area contributed by atoms with Gasteiger partial charge in [-0.1, -0.05) is 13.3 Å². The van der Waals surface area contributed by atoms with E-state index in [0.717, 1.165) is 12.3 Å². The fourth-order valence-electron chi connectivity index (χ4n) is 1.88. The smallest absolute Gasteiger partial charge is 0.115 e. The van der Waals surface area contributed by atoms with E-state index in [-0.39, 0.29) is 0 Å². The predicted molar refractivity (Wildman–Crippen MR) is 47.8 cm³/mol. The average Bonchev–Trinajstić information content (AvgIpc) is 2.17. The maximum Gasteiger partial charge on any atom is 0.115 e. The van der Waals surface area contributed by atoms with Crippen LogP contribution in [0.15, 0.2) is 12.5 Å². The van der Waals surface area contributed by atoms with Crippen molar-refractivity contribution in [1.29, 1.82) is 0 Å². The molecule has 1 aliphatic rings. The van der Waals surface area contributed by atoms with Gasteiger partial charge < -0.3 is 0 Å². The Labute approximate surface area is 73.1 Å². The zero-order chi connectivity index (χ0) is 8.39. The van der Waals surface area contributed by atoms with Gasteiger partial charge in [-0.2, -0.15) is 0 Å². The molecule has 0 spiro atoms. The Hall–Kier alpha value is -0.920. The third-order valence-corrected chi connectivity index (χ3v) is 2.76. The first kappa shape index (κ1) is 7.71. The molecule has 0 radical (unpaired) electrons. The van der Waals surface area contributed by atoms with Gasteiger partial charge in [0.1, 0.15) is 6.33 Å². The molecule has 0 N–H and O–H groups in total. The highest BCUT2D eigenvalue weighted by molar-refractivity contribution is 5.19. The van der Waals surface area contributed by atoms with Crippen LogP contribution in [0.2, 0.25) is 0 Å². The molecule has 2 rings (SSSR count). The summed E-state index contributed by atoms with van der Waals surface area (Å²) < 4.78 is 0. The first-order valence-corrected chi connectivity index (χ1v) is 4.68. The minimum Gasteiger partial charge on any atom is -0.245 e. The van der Waals surface area contributed by atoms with E-state index in [1.807, 2.05) is 6.20 Å². The van der Waals surface area contributed by atoms with Gasteiger partial charge in [0.25, 0.3) is 0 Å². The van der Waals surface area contributed by atoms with Crippen molar-refractivity contribution >= 4 is 0 Å². The fourth-order valence-corrected chi connectivity index (χ4v) is 1.88. The van der Waals surface area contributed by atoms with Crippen LogP contribution in [-0.4, -0.2) is 9.97 Å². The van der Waals surface area contributed by atoms with E-state index in [4.69, 9.17) is 0 Å². The molecule has 1 heterocycles. The molecule has 1 atom stereocenters. The third kappa shape index (κ3) is 1.33. The molecule has 1 aromatic rings. The molecule has 0 saturated heterocycles. The minimum atomic E-state index is 0.864. The second-order valence-corrected chi connectivity index (χ2v) is 3.51. The van der Waals surface area contributed by atoms with E-state index in [1.165, 1.54) is 30.5 Å². The molecule has 0 aromatic carbocycles. The second-order valence-electron chi connectivity index (χ2n) is 3.51. The normalized spacial score (nSPS) is 21.9. The number of aromatic nitrogens is 2. The maximum atomic E-state index is 4.28. The molecule has 12 heavy (non-hydrogen) atoms. The Morgan fingerprint density at radius 3 is 3.33 bits per heavy atom. The quantitative estimate of drug-likeness (QED) is 0.631. The van der Waals surface area contributed by atoms with Crippen molar-refractivity contribution in [1.82, 2.24) is 9.97 Å². The largest absolute Gasteiger partial charge is 0.245 e. The SMILES string of the molecule is CCC1CCc2ncncc2C1. The molecule has 0 saturated carbocycles. The van der Waals surface area contributed by atoms with Gasteiger partial charge >= 0.3 is 0 Å². The number of rotatable bonds is 1. The van der Waals surface area contributed by atoms with Crippen LogP contribution in [0, 0.1) is 5.92 Å². The van der Waals surface area contributed by atoms with Crippen LogP contribution in [-0.2, 0) is 12.8 Å². The van der Waals surface area contributed by atoms with Crippen LogP contribution in [0.25, 0.3) is 0 Å². The number of aryl methyl sites for hydroxylation is 1. The first-order chi connectivity index (χ1) is 5.90. The summed E-state index contributed by atoms with van der Waals surface area (Å²) in [6.07, 6.45) is 8.56. The van der Waals surface area contributed by atoms with Gasteiger partial charge in [0, 0.05) is 11.9 Å². The lowest BCUT2D eigenvalue weighted by Gasteiger charge is -2.21. The second kappa shape index (κ2) is 3.21. The molecule has 1 unspecified atom stereocenters. The highest BCUT2D eigenvalue weighted by Crippen LogP contribution is 2.24.